The number of hydrogen-bond acceptors (Lipinski definition) is 3. The first-order chi connectivity index (χ1) is 9.51. The third-order valence-corrected chi connectivity index (χ3v) is 3.31. The largest absolute Gasteiger partial charge is 0.495 e. The molecular weight excluding hydrogens is 276 g/mol. The van der Waals surface area contributed by atoms with Crippen molar-refractivity contribution in [3.8, 4) is 5.75 Å². The molecule has 0 unspecified atom stereocenters. The maximum atomic E-state index is 12.2. The molecule has 0 atom stereocenters. The van der Waals surface area contributed by atoms with Crippen LogP contribution in [0.25, 0.3) is 0 Å². The smallest absolute Gasteiger partial charge is 0.257 e. The number of rotatable bonds is 3. The van der Waals surface area contributed by atoms with Gasteiger partial charge < -0.3 is 10.1 Å². The van der Waals surface area contributed by atoms with E-state index in [1.54, 1.807) is 30.5 Å². The maximum Gasteiger partial charge on any atom is 0.257 e. The van der Waals surface area contributed by atoms with Crippen LogP contribution in [0, 0.1) is 13.8 Å². The lowest BCUT2D eigenvalue weighted by atomic mass is 10.2. The van der Waals surface area contributed by atoms with Gasteiger partial charge in [0.05, 0.1) is 18.4 Å². The van der Waals surface area contributed by atoms with Gasteiger partial charge in [0, 0.05) is 23.0 Å². The summed E-state index contributed by atoms with van der Waals surface area (Å²) >= 11 is 6.03. The molecule has 1 amide bonds. The van der Waals surface area contributed by atoms with Gasteiger partial charge in [-0.15, -0.1) is 0 Å². The molecule has 0 saturated carbocycles. The fourth-order valence-corrected chi connectivity index (χ4v) is 1.88. The average molecular weight is 291 g/mol. The molecule has 1 heterocycles. The Balaban J connectivity index is 2.27. The zero-order valence-electron chi connectivity index (χ0n) is 11.5. The van der Waals surface area contributed by atoms with Crippen molar-refractivity contribution in [2.75, 3.05) is 12.4 Å². The summed E-state index contributed by atoms with van der Waals surface area (Å²) in [6, 6.07) is 6.98. The molecule has 4 nitrogen and oxygen atoms in total. The number of ether oxygens (including phenoxy) is 1. The van der Waals surface area contributed by atoms with Crippen LogP contribution < -0.4 is 10.1 Å². The number of hydrogen-bond donors (Lipinski definition) is 1. The van der Waals surface area contributed by atoms with Crippen molar-refractivity contribution in [2.24, 2.45) is 0 Å². The molecule has 104 valence electrons. The number of benzene rings is 1. The molecule has 0 saturated heterocycles. The predicted octanol–water partition coefficient (Wildman–Crippen LogP) is 3.61. The third-order valence-electron chi connectivity index (χ3n) is 2.90. The van der Waals surface area contributed by atoms with Gasteiger partial charge in [-0.25, -0.2) is 0 Å². The van der Waals surface area contributed by atoms with Crippen LogP contribution in [-0.2, 0) is 0 Å². The summed E-state index contributed by atoms with van der Waals surface area (Å²) in [5.74, 6) is 0.284. The van der Waals surface area contributed by atoms with Gasteiger partial charge in [0.2, 0.25) is 0 Å². The average Bonchev–Trinajstić information content (AvgIpc) is 2.43. The third kappa shape index (κ3) is 3.08. The molecule has 20 heavy (non-hydrogen) atoms. The monoisotopic (exact) mass is 290 g/mol. The fourth-order valence-electron chi connectivity index (χ4n) is 1.73. The minimum absolute atomic E-state index is 0.238. The van der Waals surface area contributed by atoms with Gasteiger partial charge in [0.1, 0.15) is 5.75 Å². The van der Waals surface area contributed by atoms with E-state index in [9.17, 15) is 4.79 Å². The predicted molar refractivity (Wildman–Crippen MR) is 79.7 cm³/mol. The fraction of sp³-hybridized carbons (Fsp3) is 0.200. The lowest BCUT2D eigenvalue weighted by Gasteiger charge is -2.12. The molecule has 1 aromatic carbocycles. The lowest BCUT2D eigenvalue weighted by molar-refractivity contribution is 0.102. The van der Waals surface area contributed by atoms with Crippen LogP contribution in [0.2, 0.25) is 5.02 Å². The minimum atomic E-state index is -0.238. The molecule has 0 bridgehead atoms. The molecule has 0 aliphatic rings. The van der Waals surface area contributed by atoms with Crippen LogP contribution in [0.3, 0.4) is 0 Å². The highest BCUT2D eigenvalue weighted by atomic mass is 35.5. The van der Waals surface area contributed by atoms with Crippen LogP contribution in [0.15, 0.2) is 30.5 Å². The van der Waals surface area contributed by atoms with Crippen molar-refractivity contribution in [3.05, 3.63) is 52.3 Å². The van der Waals surface area contributed by atoms with Crippen molar-refractivity contribution >= 4 is 23.2 Å². The highest BCUT2D eigenvalue weighted by molar-refractivity contribution is 6.31. The zero-order valence-corrected chi connectivity index (χ0v) is 12.3. The summed E-state index contributed by atoms with van der Waals surface area (Å²) in [5, 5.41) is 3.40. The Bertz CT molecular complexity index is 639. The zero-order chi connectivity index (χ0) is 14.7. The first-order valence-corrected chi connectivity index (χ1v) is 6.47. The second-order valence-corrected chi connectivity index (χ2v) is 4.85. The standard InChI is InChI=1S/C15H15ClN2O2/c1-9-6-13(14(20-3)7-12(9)16)18-15(19)11-5-4-10(2)17-8-11/h4-8H,1-3H3,(H,18,19). The number of pyridine rings is 1. The van der Waals surface area contributed by atoms with Crippen molar-refractivity contribution in [3.63, 3.8) is 0 Å². The maximum absolute atomic E-state index is 12.2. The summed E-state index contributed by atoms with van der Waals surface area (Å²) in [6.45, 7) is 3.73. The van der Waals surface area contributed by atoms with Crippen LogP contribution in [0.4, 0.5) is 5.69 Å². The number of nitrogens with zero attached hydrogens (tertiary/aromatic N) is 1. The number of carbonyl (C=O) groups is 1. The van der Waals surface area contributed by atoms with E-state index in [0.29, 0.717) is 22.0 Å². The van der Waals surface area contributed by atoms with Crippen molar-refractivity contribution in [1.29, 1.82) is 0 Å². The van der Waals surface area contributed by atoms with Crippen LogP contribution in [0.1, 0.15) is 21.6 Å². The molecule has 1 N–H and O–H groups in total. The topological polar surface area (TPSA) is 51.2 Å². The molecule has 0 radical (unpaired) electrons. The van der Waals surface area contributed by atoms with Crippen molar-refractivity contribution < 1.29 is 9.53 Å². The number of methoxy groups -OCH3 is 1. The van der Waals surface area contributed by atoms with E-state index in [4.69, 9.17) is 16.3 Å². The van der Waals surface area contributed by atoms with E-state index >= 15 is 0 Å². The molecule has 0 aliphatic heterocycles. The summed E-state index contributed by atoms with van der Waals surface area (Å²) in [5.41, 5.74) is 2.80. The first kappa shape index (κ1) is 14.3. The van der Waals surface area contributed by atoms with E-state index in [0.717, 1.165) is 11.3 Å². The Labute approximate surface area is 122 Å². The second-order valence-electron chi connectivity index (χ2n) is 4.44. The highest BCUT2D eigenvalue weighted by Gasteiger charge is 2.12. The molecule has 1 aromatic heterocycles. The second kappa shape index (κ2) is 5.92. The first-order valence-electron chi connectivity index (χ1n) is 6.09. The summed E-state index contributed by atoms with van der Waals surface area (Å²) in [4.78, 5) is 16.3. The van der Waals surface area contributed by atoms with Gasteiger partial charge >= 0.3 is 0 Å². The van der Waals surface area contributed by atoms with E-state index in [-0.39, 0.29) is 5.91 Å². The van der Waals surface area contributed by atoms with E-state index in [1.165, 1.54) is 7.11 Å². The van der Waals surface area contributed by atoms with Gasteiger partial charge in [-0.2, -0.15) is 0 Å². The Hall–Kier alpha value is -2.07. The van der Waals surface area contributed by atoms with Crippen molar-refractivity contribution in [1.82, 2.24) is 4.98 Å². The molecule has 0 spiro atoms. The number of aryl methyl sites for hydroxylation is 2. The number of aromatic nitrogens is 1. The van der Waals surface area contributed by atoms with E-state index < -0.39 is 0 Å². The Morgan fingerprint density at radius 3 is 2.65 bits per heavy atom. The van der Waals surface area contributed by atoms with Gasteiger partial charge in [0.25, 0.3) is 5.91 Å². The molecule has 0 fully saturated rings. The van der Waals surface area contributed by atoms with Crippen LogP contribution >= 0.6 is 11.6 Å². The SMILES string of the molecule is COc1cc(Cl)c(C)cc1NC(=O)c1ccc(C)nc1. The number of anilines is 1. The Kier molecular flexibility index (Phi) is 4.25. The van der Waals surface area contributed by atoms with Gasteiger partial charge in [-0.3, -0.25) is 9.78 Å². The summed E-state index contributed by atoms with van der Waals surface area (Å²) in [7, 11) is 1.53. The Morgan fingerprint density at radius 2 is 2.05 bits per heavy atom. The number of nitrogens with one attached hydrogen (secondary N) is 1. The quantitative estimate of drug-likeness (QED) is 0.939. The van der Waals surface area contributed by atoms with Crippen LogP contribution in [-0.4, -0.2) is 18.0 Å². The van der Waals surface area contributed by atoms with Gasteiger partial charge in [0.15, 0.2) is 0 Å². The molecule has 0 aliphatic carbocycles. The lowest BCUT2D eigenvalue weighted by Crippen LogP contribution is -2.13. The summed E-state index contributed by atoms with van der Waals surface area (Å²) in [6.07, 6.45) is 1.54. The van der Waals surface area contributed by atoms with Gasteiger partial charge in [-0.05, 0) is 37.6 Å². The Morgan fingerprint density at radius 1 is 1.30 bits per heavy atom. The molecule has 2 aromatic rings. The molecular formula is C15H15ClN2O2. The van der Waals surface area contributed by atoms with E-state index in [2.05, 4.69) is 10.3 Å². The number of halogens is 1. The number of carbonyl (C=O) groups excluding carboxylic acids is 1. The summed E-state index contributed by atoms with van der Waals surface area (Å²) < 4.78 is 5.22. The van der Waals surface area contributed by atoms with E-state index in [1.807, 2.05) is 13.8 Å². The van der Waals surface area contributed by atoms with Crippen molar-refractivity contribution in [2.45, 2.75) is 13.8 Å². The minimum Gasteiger partial charge on any atom is -0.495 e. The number of amides is 1. The normalized spacial score (nSPS) is 10.2. The molecule has 5 heteroatoms. The molecule has 2 rings (SSSR count). The highest BCUT2D eigenvalue weighted by Crippen LogP contribution is 2.31. The van der Waals surface area contributed by atoms with Crippen LogP contribution in [0.5, 0.6) is 5.75 Å². The van der Waals surface area contributed by atoms with Gasteiger partial charge in [-0.1, -0.05) is 11.6 Å².